The summed E-state index contributed by atoms with van der Waals surface area (Å²) in [5, 5.41) is 6.93. The molecule has 0 amide bonds. The molecule has 1 aliphatic heterocycles. The zero-order valence-electron chi connectivity index (χ0n) is 7.10. The normalized spacial score (nSPS) is 20.5. The number of hydrogen-bond acceptors (Lipinski definition) is 2. The van der Waals surface area contributed by atoms with Crippen molar-refractivity contribution in [3.63, 3.8) is 0 Å². The van der Waals surface area contributed by atoms with Crippen LogP contribution in [-0.4, -0.2) is 31.8 Å². The number of rotatable bonds is 4. The molecule has 1 rings (SSSR count). The van der Waals surface area contributed by atoms with Crippen LogP contribution in [0.5, 0.6) is 0 Å². The highest BCUT2D eigenvalue weighted by Crippen LogP contribution is 2.01. The first kappa shape index (κ1) is 9.44. The summed E-state index contributed by atoms with van der Waals surface area (Å²) in [5.74, 6) is 0. The van der Waals surface area contributed by atoms with Crippen LogP contribution in [-0.2, 0) is 0 Å². The van der Waals surface area contributed by atoms with Crippen molar-refractivity contribution >= 4 is 9.24 Å². The zero-order chi connectivity index (χ0) is 7.94. The van der Waals surface area contributed by atoms with E-state index >= 15 is 0 Å². The van der Waals surface area contributed by atoms with Gasteiger partial charge in [0.15, 0.2) is 0 Å². The summed E-state index contributed by atoms with van der Waals surface area (Å²) in [6, 6.07) is 0.785. The van der Waals surface area contributed by atoms with Gasteiger partial charge < -0.3 is 10.6 Å². The molecular weight excluding hydrogens is 155 g/mol. The molecule has 0 radical (unpaired) electrons. The van der Waals surface area contributed by atoms with Crippen LogP contribution in [0.3, 0.4) is 0 Å². The molecule has 0 aromatic heterocycles. The molecular formula is C8H19N2P. The average molecular weight is 174 g/mol. The first-order valence-electron chi connectivity index (χ1n) is 4.57. The molecule has 1 aliphatic rings. The lowest BCUT2D eigenvalue weighted by Crippen LogP contribution is -2.40. The predicted octanol–water partition coefficient (Wildman–Crippen LogP) is 0.593. The van der Waals surface area contributed by atoms with Crippen LogP contribution >= 0.6 is 9.24 Å². The van der Waals surface area contributed by atoms with E-state index < -0.39 is 0 Å². The van der Waals surface area contributed by atoms with Crippen molar-refractivity contribution in [2.45, 2.75) is 25.3 Å². The highest BCUT2D eigenvalue weighted by molar-refractivity contribution is 7.16. The summed E-state index contributed by atoms with van der Waals surface area (Å²) in [5.41, 5.74) is 0. The third kappa shape index (κ3) is 4.05. The Morgan fingerprint density at radius 3 is 2.73 bits per heavy atom. The molecule has 0 saturated carbocycles. The Morgan fingerprint density at radius 2 is 2.09 bits per heavy atom. The largest absolute Gasteiger partial charge is 0.317 e. The molecule has 0 aromatic carbocycles. The molecule has 2 N–H and O–H groups in total. The lowest BCUT2D eigenvalue weighted by Gasteiger charge is -2.23. The molecule has 0 spiro atoms. The molecule has 1 atom stereocenters. The maximum absolute atomic E-state index is 3.57. The highest BCUT2D eigenvalue weighted by Gasteiger charge is 2.10. The maximum Gasteiger partial charge on any atom is 0.00912 e. The van der Waals surface area contributed by atoms with Crippen molar-refractivity contribution in [3.05, 3.63) is 0 Å². The molecule has 66 valence electrons. The van der Waals surface area contributed by atoms with E-state index in [9.17, 15) is 0 Å². The topological polar surface area (TPSA) is 24.1 Å². The average Bonchev–Trinajstić information content (AvgIpc) is 2.07. The van der Waals surface area contributed by atoms with Crippen molar-refractivity contribution in [1.29, 1.82) is 0 Å². The Kier molecular flexibility index (Phi) is 5.09. The van der Waals surface area contributed by atoms with Gasteiger partial charge >= 0.3 is 0 Å². The number of piperidine rings is 1. The summed E-state index contributed by atoms with van der Waals surface area (Å²) in [6.07, 6.45) is 5.11. The van der Waals surface area contributed by atoms with Crippen molar-refractivity contribution in [2.24, 2.45) is 0 Å². The van der Waals surface area contributed by atoms with E-state index in [-0.39, 0.29) is 0 Å². The molecule has 0 aliphatic carbocycles. The Hall–Kier alpha value is 0.350. The minimum atomic E-state index is 0.785. The van der Waals surface area contributed by atoms with Gasteiger partial charge in [0.2, 0.25) is 0 Å². The lowest BCUT2D eigenvalue weighted by molar-refractivity contribution is 0.389. The zero-order valence-corrected chi connectivity index (χ0v) is 8.26. The van der Waals surface area contributed by atoms with E-state index in [2.05, 4.69) is 19.9 Å². The Balaban J connectivity index is 1.96. The first-order chi connectivity index (χ1) is 5.43. The van der Waals surface area contributed by atoms with Gasteiger partial charge in [-0.3, -0.25) is 0 Å². The van der Waals surface area contributed by atoms with Crippen LogP contribution in [0.15, 0.2) is 0 Å². The molecule has 2 nitrogen and oxygen atoms in total. The quantitative estimate of drug-likeness (QED) is 0.481. The molecule has 1 heterocycles. The molecule has 1 fully saturated rings. The van der Waals surface area contributed by atoms with Crippen LogP contribution < -0.4 is 10.6 Å². The van der Waals surface area contributed by atoms with Crippen LogP contribution in [0, 0.1) is 0 Å². The summed E-state index contributed by atoms with van der Waals surface area (Å²) < 4.78 is 0. The van der Waals surface area contributed by atoms with Crippen molar-refractivity contribution in [3.8, 4) is 0 Å². The Morgan fingerprint density at radius 1 is 1.36 bits per heavy atom. The van der Waals surface area contributed by atoms with Crippen LogP contribution in [0.25, 0.3) is 0 Å². The smallest absolute Gasteiger partial charge is 0.00912 e. The van der Waals surface area contributed by atoms with E-state index in [0.717, 1.165) is 6.04 Å². The molecule has 1 unspecified atom stereocenters. The number of nitrogens with one attached hydrogen (secondary N) is 2. The standard InChI is InChI=1S/C8H19N2P/c11-7-1-4-10-8-2-5-9-6-3-8/h8-10H,1-7,11H2. The molecule has 1 saturated heterocycles. The third-order valence-electron chi connectivity index (χ3n) is 2.15. The minimum absolute atomic E-state index is 0.785. The van der Waals surface area contributed by atoms with Crippen LogP contribution in [0.4, 0.5) is 0 Å². The second-order valence-electron chi connectivity index (χ2n) is 3.12. The summed E-state index contributed by atoms with van der Waals surface area (Å²) in [6.45, 7) is 3.57. The summed E-state index contributed by atoms with van der Waals surface area (Å²) in [4.78, 5) is 0. The number of hydrogen-bond donors (Lipinski definition) is 2. The maximum atomic E-state index is 3.57. The fourth-order valence-corrected chi connectivity index (χ4v) is 1.64. The molecule has 0 bridgehead atoms. The Bertz CT molecular complexity index is 92.1. The van der Waals surface area contributed by atoms with E-state index in [1.54, 1.807) is 0 Å². The van der Waals surface area contributed by atoms with Gasteiger partial charge in [-0.1, -0.05) is 0 Å². The fraction of sp³-hybridized carbons (Fsp3) is 1.00. The lowest BCUT2D eigenvalue weighted by atomic mass is 10.1. The molecule has 11 heavy (non-hydrogen) atoms. The SMILES string of the molecule is PCCCNC1CCNCC1. The van der Waals surface area contributed by atoms with Crippen molar-refractivity contribution in [1.82, 2.24) is 10.6 Å². The van der Waals surface area contributed by atoms with E-state index in [1.807, 2.05) is 0 Å². The van der Waals surface area contributed by atoms with Gasteiger partial charge in [-0.05, 0) is 45.1 Å². The second kappa shape index (κ2) is 5.93. The van der Waals surface area contributed by atoms with E-state index in [0.29, 0.717) is 0 Å². The van der Waals surface area contributed by atoms with E-state index in [1.165, 1.54) is 45.1 Å². The van der Waals surface area contributed by atoms with Gasteiger partial charge in [-0.15, -0.1) is 9.24 Å². The highest BCUT2D eigenvalue weighted by atomic mass is 31.0. The third-order valence-corrected chi connectivity index (χ3v) is 2.56. The monoisotopic (exact) mass is 174 g/mol. The van der Waals surface area contributed by atoms with Crippen LogP contribution in [0.1, 0.15) is 19.3 Å². The predicted molar refractivity (Wildman–Crippen MR) is 53.1 cm³/mol. The van der Waals surface area contributed by atoms with E-state index in [4.69, 9.17) is 0 Å². The first-order valence-corrected chi connectivity index (χ1v) is 5.39. The van der Waals surface area contributed by atoms with Gasteiger partial charge in [-0.25, -0.2) is 0 Å². The van der Waals surface area contributed by atoms with Gasteiger partial charge in [0.1, 0.15) is 0 Å². The van der Waals surface area contributed by atoms with Gasteiger partial charge in [0.25, 0.3) is 0 Å². The summed E-state index contributed by atoms with van der Waals surface area (Å²) >= 11 is 0. The van der Waals surface area contributed by atoms with Crippen molar-refractivity contribution in [2.75, 3.05) is 25.8 Å². The molecule has 3 heteroatoms. The van der Waals surface area contributed by atoms with Gasteiger partial charge in [0, 0.05) is 6.04 Å². The van der Waals surface area contributed by atoms with Crippen LogP contribution in [0.2, 0.25) is 0 Å². The second-order valence-corrected chi connectivity index (χ2v) is 3.70. The fourth-order valence-electron chi connectivity index (χ4n) is 1.43. The minimum Gasteiger partial charge on any atom is -0.317 e. The molecule has 0 aromatic rings. The van der Waals surface area contributed by atoms with Gasteiger partial charge in [-0.2, -0.15) is 0 Å². The summed E-state index contributed by atoms with van der Waals surface area (Å²) in [7, 11) is 2.77. The van der Waals surface area contributed by atoms with Crippen molar-refractivity contribution < 1.29 is 0 Å². The Labute approximate surface area is 71.7 Å². The van der Waals surface area contributed by atoms with Gasteiger partial charge in [0.05, 0.1) is 0 Å².